The van der Waals surface area contributed by atoms with Crippen LogP contribution in [0.25, 0.3) is 0 Å². The highest BCUT2D eigenvalue weighted by Gasteiger charge is 2.19. The Morgan fingerprint density at radius 2 is 1.88 bits per heavy atom. The molecular formula is C14H23FN2. The van der Waals surface area contributed by atoms with Crippen molar-refractivity contribution in [1.29, 1.82) is 0 Å². The van der Waals surface area contributed by atoms with Crippen LogP contribution in [0.3, 0.4) is 0 Å². The Hall–Kier alpha value is -1.09. The van der Waals surface area contributed by atoms with Crippen LogP contribution in [-0.4, -0.2) is 13.1 Å². The van der Waals surface area contributed by atoms with Gasteiger partial charge in [0.2, 0.25) is 0 Å². The topological polar surface area (TPSA) is 29.3 Å². The van der Waals surface area contributed by atoms with E-state index < -0.39 is 0 Å². The first kappa shape index (κ1) is 14.0. The average Bonchev–Trinajstić information content (AvgIpc) is 2.29. The molecule has 0 spiro atoms. The van der Waals surface area contributed by atoms with E-state index in [0.29, 0.717) is 11.7 Å². The zero-order valence-corrected chi connectivity index (χ0v) is 11.2. The number of rotatable bonds is 5. The minimum absolute atomic E-state index is 0.155. The molecule has 0 aliphatic carbocycles. The summed E-state index contributed by atoms with van der Waals surface area (Å²) in [5.41, 5.74) is 7.43. The van der Waals surface area contributed by atoms with Crippen molar-refractivity contribution in [3.05, 3.63) is 29.6 Å². The van der Waals surface area contributed by atoms with E-state index in [0.717, 1.165) is 18.4 Å². The molecule has 0 aromatic heterocycles. The van der Waals surface area contributed by atoms with E-state index in [-0.39, 0.29) is 11.9 Å². The largest absolute Gasteiger partial charge is 0.369 e. The van der Waals surface area contributed by atoms with E-state index in [9.17, 15) is 4.39 Å². The van der Waals surface area contributed by atoms with Gasteiger partial charge in [-0.2, -0.15) is 0 Å². The van der Waals surface area contributed by atoms with E-state index in [1.807, 2.05) is 24.9 Å². The molecule has 0 radical (unpaired) electrons. The lowest BCUT2D eigenvalue weighted by Crippen LogP contribution is -2.32. The SMILES string of the molecule is CCC(CC)N(C)c1c(F)cccc1[C@H](C)N. The van der Waals surface area contributed by atoms with Crippen LogP contribution < -0.4 is 10.6 Å². The third kappa shape index (κ3) is 2.97. The van der Waals surface area contributed by atoms with Crippen molar-refractivity contribution in [2.45, 2.75) is 45.7 Å². The Morgan fingerprint density at radius 3 is 2.35 bits per heavy atom. The molecule has 0 aliphatic heterocycles. The molecule has 0 saturated carbocycles. The van der Waals surface area contributed by atoms with Crippen molar-refractivity contribution in [2.75, 3.05) is 11.9 Å². The molecule has 1 atom stereocenters. The summed E-state index contributed by atoms with van der Waals surface area (Å²) < 4.78 is 14.0. The second kappa shape index (κ2) is 6.01. The smallest absolute Gasteiger partial charge is 0.146 e. The molecule has 2 nitrogen and oxygen atoms in total. The zero-order valence-electron chi connectivity index (χ0n) is 11.2. The second-order valence-electron chi connectivity index (χ2n) is 4.55. The van der Waals surface area contributed by atoms with Gasteiger partial charge in [0.05, 0.1) is 5.69 Å². The van der Waals surface area contributed by atoms with Crippen molar-refractivity contribution in [3.63, 3.8) is 0 Å². The molecule has 1 aromatic rings. The van der Waals surface area contributed by atoms with Gasteiger partial charge < -0.3 is 10.6 Å². The first-order valence-electron chi connectivity index (χ1n) is 6.29. The maximum absolute atomic E-state index is 14.0. The summed E-state index contributed by atoms with van der Waals surface area (Å²) in [7, 11) is 1.95. The molecule has 17 heavy (non-hydrogen) atoms. The lowest BCUT2D eigenvalue weighted by Gasteiger charge is -2.31. The summed E-state index contributed by atoms with van der Waals surface area (Å²) in [5.74, 6) is -0.186. The second-order valence-corrected chi connectivity index (χ2v) is 4.55. The molecule has 3 heteroatoms. The normalized spacial score (nSPS) is 12.9. The fourth-order valence-corrected chi connectivity index (χ4v) is 2.29. The number of hydrogen-bond acceptors (Lipinski definition) is 2. The van der Waals surface area contributed by atoms with E-state index in [1.165, 1.54) is 6.07 Å². The summed E-state index contributed by atoms with van der Waals surface area (Å²) in [6, 6.07) is 5.32. The third-order valence-corrected chi connectivity index (χ3v) is 3.35. The first-order chi connectivity index (χ1) is 8.02. The molecule has 1 rings (SSSR count). The number of nitrogens with zero attached hydrogens (tertiary/aromatic N) is 1. The number of anilines is 1. The van der Waals surface area contributed by atoms with Crippen molar-refractivity contribution >= 4 is 5.69 Å². The Morgan fingerprint density at radius 1 is 1.29 bits per heavy atom. The zero-order chi connectivity index (χ0) is 13.0. The van der Waals surface area contributed by atoms with E-state index in [1.54, 1.807) is 6.07 Å². The fraction of sp³-hybridized carbons (Fsp3) is 0.571. The molecule has 2 N–H and O–H groups in total. The van der Waals surface area contributed by atoms with Gasteiger partial charge in [0, 0.05) is 19.1 Å². The van der Waals surface area contributed by atoms with Crippen molar-refractivity contribution in [1.82, 2.24) is 0 Å². The van der Waals surface area contributed by atoms with Gasteiger partial charge in [-0.05, 0) is 31.4 Å². The van der Waals surface area contributed by atoms with Crippen LogP contribution >= 0.6 is 0 Å². The molecule has 0 unspecified atom stereocenters. The van der Waals surface area contributed by atoms with Gasteiger partial charge in [-0.3, -0.25) is 0 Å². The minimum atomic E-state index is -0.186. The average molecular weight is 238 g/mol. The number of para-hydroxylation sites is 1. The Kier molecular flexibility index (Phi) is 4.94. The maximum Gasteiger partial charge on any atom is 0.146 e. The van der Waals surface area contributed by atoms with Gasteiger partial charge in [-0.15, -0.1) is 0 Å². The van der Waals surface area contributed by atoms with Crippen molar-refractivity contribution in [3.8, 4) is 0 Å². The van der Waals surface area contributed by atoms with E-state index in [4.69, 9.17) is 5.73 Å². The van der Waals surface area contributed by atoms with E-state index >= 15 is 0 Å². The fourth-order valence-electron chi connectivity index (χ4n) is 2.29. The Balaban J connectivity index is 3.19. The third-order valence-electron chi connectivity index (χ3n) is 3.35. The highest BCUT2D eigenvalue weighted by Crippen LogP contribution is 2.30. The van der Waals surface area contributed by atoms with Crippen LogP contribution in [0, 0.1) is 5.82 Å². The van der Waals surface area contributed by atoms with Crippen molar-refractivity contribution in [2.24, 2.45) is 5.73 Å². The summed E-state index contributed by atoms with van der Waals surface area (Å²) >= 11 is 0. The van der Waals surface area contributed by atoms with Crippen LogP contribution in [0.5, 0.6) is 0 Å². The van der Waals surface area contributed by atoms with Gasteiger partial charge in [0.1, 0.15) is 5.82 Å². The predicted octanol–water partition coefficient (Wildman–Crippen LogP) is 3.47. The van der Waals surface area contributed by atoms with Gasteiger partial charge in [0.15, 0.2) is 0 Å². The quantitative estimate of drug-likeness (QED) is 0.851. The molecule has 0 saturated heterocycles. The number of hydrogen-bond donors (Lipinski definition) is 1. The lowest BCUT2D eigenvalue weighted by molar-refractivity contribution is 0.560. The monoisotopic (exact) mass is 238 g/mol. The molecule has 0 amide bonds. The summed E-state index contributed by atoms with van der Waals surface area (Å²) in [6.07, 6.45) is 2.00. The summed E-state index contributed by atoms with van der Waals surface area (Å²) in [6.45, 7) is 6.13. The van der Waals surface area contributed by atoms with Gasteiger partial charge in [0.25, 0.3) is 0 Å². The molecule has 0 bridgehead atoms. The molecule has 1 aromatic carbocycles. The van der Waals surface area contributed by atoms with Crippen LogP contribution in [0.1, 0.15) is 45.2 Å². The lowest BCUT2D eigenvalue weighted by atomic mass is 10.0. The summed E-state index contributed by atoms with van der Waals surface area (Å²) in [4.78, 5) is 2.02. The van der Waals surface area contributed by atoms with Gasteiger partial charge in [-0.25, -0.2) is 4.39 Å². The highest BCUT2D eigenvalue weighted by molar-refractivity contribution is 5.56. The molecule has 0 aliphatic rings. The van der Waals surface area contributed by atoms with Crippen LogP contribution in [-0.2, 0) is 0 Å². The van der Waals surface area contributed by atoms with Crippen LogP contribution in [0.4, 0.5) is 10.1 Å². The molecule has 0 fully saturated rings. The molecular weight excluding hydrogens is 215 g/mol. The number of benzene rings is 1. The Labute approximate surface area is 104 Å². The van der Waals surface area contributed by atoms with Crippen LogP contribution in [0.2, 0.25) is 0 Å². The summed E-state index contributed by atoms with van der Waals surface area (Å²) in [5, 5.41) is 0. The molecule has 96 valence electrons. The highest BCUT2D eigenvalue weighted by atomic mass is 19.1. The standard InChI is InChI=1S/C14H23FN2/c1-5-11(6-2)17(4)14-12(10(3)16)8-7-9-13(14)15/h7-11H,5-6,16H2,1-4H3/t10-/m0/s1. The van der Waals surface area contributed by atoms with E-state index in [2.05, 4.69) is 13.8 Å². The van der Waals surface area contributed by atoms with Crippen molar-refractivity contribution < 1.29 is 4.39 Å². The number of nitrogens with two attached hydrogens (primary N) is 1. The number of halogens is 1. The molecule has 0 heterocycles. The maximum atomic E-state index is 14.0. The Bertz CT molecular complexity index is 359. The van der Waals surface area contributed by atoms with Gasteiger partial charge in [-0.1, -0.05) is 26.0 Å². The van der Waals surface area contributed by atoms with Crippen LogP contribution in [0.15, 0.2) is 18.2 Å². The predicted molar refractivity (Wildman–Crippen MR) is 71.8 cm³/mol. The first-order valence-corrected chi connectivity index (χ1v) is 6.29. The van der Waals surface area contributed by atoms with Gasteiger partial charge >= 0.3 is 0 Å². The minimum Gasteiger partial charge on any atom is -0.369 e.